The van der Waals surface area contributed by atoms with Gasteiger partial charge in [0, 0.05) is 31.7 Å². The van der Waals surface area contributed by atoms with Crippen LogP contribution in [0, 0.1) is 5.92 Å². The number of amides is 1. The zero-order valence-corrected chi connectivity index (χ0v) is 14.1. The summed E-state index contributed by atoms with van der Waals surface area (Å²) in [4.78, 5) is 14.2. The average molecular weight is 324 g/mol. The maximum atomic E-state index is 12.5. The van der Waals surface area contributed by atoms with Crippen LogP contribution >= 0.6 is 0 Å². The third-order valence-electron chi connectivity index (χ3n) is 4.13. The highest BCUT2D eigenvalue weighted by atomic mass is 32.2. The number of rotatable bonds is 5. The summed E-state index contributed by atoms with van der Waals surface area (Å²) in [5.74, 6) is 0.159. The summed E-state index contributed by atoms with van der Waals surface area (Å²) in [5, 5.41) is 0. The van der Waals surface area contributed by atoms with Gasteiger partial charge in [-0.3, -0.25) is 4.79 Å². The lowest BCUT2D eigenvalue weighted by molar-refractivity contribution is -0.123. The molecule has 0 atom stereocenters. The Morgan fingerprint density at radius 1 is 1.23 bits per heavy atom. The molecule has 0 radical (unpaired) electrons. The molecule has 5 nitrogen and oxygen atoms in total. The lowest BCUT2D eigenvalue weighted by Crippen LogP contribution is -2.44. The number of para-hydroxylation sites is 1. The first-order valence-electron chi connectivity index (χ1n) is 7.76. The molecule has 0 aromatic heterocycles. The largest absolute Gasteiger partial charge is 0.315 e. The van der Waals surface area contributed by atoms with Crippen LogP contribution in [-0.4, -0.2) is 44.5 Å². The zero-order chi connectivity index (χ0) is 16.2. The molecule has 0 spiro atoms. The average Bonchev–Trinajstić information content (AvgIpc) is 2.54. The molecule has 122 valence electrons. The molecule has 1 fully saturated rings. The summed E-state index contributed by atoms with van der Waals surface area (Å²) in [6.07, 6.45) is 1.82. The summed E-state index contributed by atoms with van der Waals surface area (Å²) in [6.45, 7) is 2.76. The number of hydrogen-bond acceptors (Lipinski definition) is 3. The van der Waals surface area contributed by atoms with E-state index in [0.717, 1.165) is 5.69 Å². The molecular formula is C16H24N2O3S. The summed E-state index contributed by atoms with van der Waals surface area (Å²) in [6, 6.07) is 9.52. The van der Waals surface area contributed by atoms with Gasteiger partial charge in [-0.05, 0) is 31.4 Å². The molecule has 6 heteroatoms. The highest BCUT2D eigenvalue weighted by Crippen LogP contribution is 2.24. The van der Waals surface area contributed by atoms with Gasteiger partial charge in [0.2, 0.25) is 15.9 Å². The van der Waals surface area contributed by atoms with Crippen molar-refractivity contribution in [3.05, 3.63) is 30.3 Å². The van der Waals surface area contributed by atoms with Crippen LogP contribution in [-0.2, 0) is 14.8 Å². The Kier molecular flexibility index (Phi) is 5.58. The first-order chi connectivity index (χ1) is 10.5. The molecule has 22 heavy (non-hydrogen) atoms. The molecule has 1 heterocycles. The molecule has 2 rings (SSSR count). The van der Waals surface area contributed by atoms with Crippen molar-refractivity contribution < 1.29 is 13.2 Å². The maximum Gasteiger partial charge on any atom is 0.229 e. The van der Waals surface area contributed by atoms with E-state index in [2.05, 4.69) is 0 Å². The van der Waals surface area contributed by atoms with Crippen molar-refractivity contribution in [2.75, 3.05) is 30.8 Å². The van der Waals surface area contributed by atoms with E-state index in [0.29, 0.717) is 32.4 Å². The number of benzene rings is 1. The predicted molar refractivity (Wildman–Crippen MR) is 88.2 cm³/mol. The minimum Gasteiger partial charge on any atom is -0.315 e. The van der Waals surface area contributed by atoms with Crippen LogP contribution in [0.4, 0.5) is 5.69 Å². The zero-order valence-electron chi connectivity index (χ0n) is 13.2. The van der Waals surface area contributed by atoms with Crippen LogP contribution in [0.1, 0.15) is 26.2 Å². The van der Waals surface area contributed by atoms with Crippen molar-refractivity contribution >= 4 is 21.6 Å². The first-order valence-corrected chi connectivity index (χ1v) is 9.37. The summed E-state index contributed by atoms with van der Waals surface area (Å²) in [5.41, 5.74) is 0.869. The Balaban J connectivity index is 1.95. The van der Waals surface area contributed by atoms with Gasteiger partial charge in [0.05, 0.1) is 5.75 Å². The van der Waals surface area contributed by atoms with Crippen molar-refractivity contribution in [2.24, 2.45) is 5.92 Å². The number of anilines is 1. The van der Waals surface area contributed by atoms with Crippen molar-refractivity contribution in [2.45, 2.75) is 26.2 Å². The fraction of sp³-hybridized carbons (Fsp3) is 0.562. The molecule has 0 N–H and O–H groups in total. The molecule has 1 aromatic rings. The Hall–Kier alpha value is -1.40. The highest BCUT2D eigenvalue weighted by molar-refractivity contribution is 7.89. The van der Waals surface area contributed by atoms with E-state index < -0.39 is 10.0 Å². The Bertz CT molecular complexity index is 593. The van der Waals surface area contributed by atoms with Crippen molar-refractivity contribution in [3.63, 3.8) is 0 Å². The quantitative estimate of drug-likeness (QED) is 0.833. The minimum absolute atomic E-state index is 0.0683. The maximum absolute atomic E-state index is 12.5. The smallest absolute Gasteiger partial charge is 0.229 e. The second-order valence-electron chi connectivity index (χ2n) is 5.72. The minimum atomic E-state index is -3.15. The van der Waals surface area contributed by atoms with Gasteiger partial charge in [-0.1, -0.05) is 25.1 Å². The molecule has 0 aliphatic carbocycles. The number of sulfonamides is 1. The van der Waals surface area contributed by atoms with E-state index in [9.17, 15) is 13.2 Å². The van der Waals surface area contributed by atoms with E-state index in [1.807, 2.05) is 37.3 Å². The third kappa shape index (κ3) is 3.87. The standard InChI is InChI=1S/C16H24N2O3S/c1-3-13-22(20,21)18-11-9-14(10-12-18)16(19)17(2)15-7-5-4-6-8-15/h4-8,14H,3,9-13H2,1-2H3. The van der Waals surface area contributed by atoms with Crippen LogP contribution in [0.2, 0.25) is 0 Å². The fourth-order valence-electron chi connectivity index (χ4n) is 2.82. The molecule has 0 saturated carbocycles. The Morgan fingerprint density at radius 3 is 2.36 bits per heavy atom. The molecule has 1 saturated heterocycles. The van der Waals surface area contributed by atoms with Gasteiger partial charge >= 0.3 is 0 Å². The number of piperidine rings is 1. The van der Waals surface area contributed by atoms with Crippen LogP contribution in [0.5, 0.6) is 0 Å². The highest BCUT2D eigenvalue weighted by Gasteiger charge is 2.32. The van der Waals surface area contributed by atoms with Gasteiger partial charge in [0.1, 0.15) is 0 Å². The normalized spacial score (nSPS) is 17.4. The molecular weight excluding hydrogens is 300 g/mol. The van der Waals surface area contributed by atoms with Crippen molar-refractivity contribution in [1.82, 2.24) is 4.31 Å². The van der Waals surface area contributed by atoms with Crippen LogP contribution < -0.4 is 4.90 Å². The van der Waals surface area contributed by atoms with Gasteiger partial charge in [-0.25, -0.2) is 12.7 Å². The van der Waals surface area contributed by atoms with E-state index in [-0.39, 0.29) is 17.6 Å². The Morgan fingerprint density at radius 2 is 1.82 bits per heavy atom. The number of carbonyl (C=O) groups excluding carboxylic acids is 1. The second-order valence-corrected chi connectivity index (χ2v) is 7.81. The van der Waals surface area contributed by atoms with Crippen LogP contribution in [0.3, 0.4) is 0 Å². The molecule has 1 aliphatic rings. The van der Waals surface area contributed by atoms with Crippen molar-refractivity contribution in [1.29, 1.82) is 0 Å². The van der Waals surface area contributed by atoms with E-state index >= 15 is 0 Å². The lowest BCUT2D eigenvalue weighted by atomic mass is 9.96. The second kappa shape index (κ2) is 7.24. The third-order valence-corrected chi connectivity index (χ3v) is 6.21. The predicted octanol–water partition coefficient (Wildman–Crippen LogP) is 2.10. The van der Waals surface area contributed by atoms with E-state index in [4.69, 9.17) is 0 Å². The molecule has 1 amide bonds. The van der Waals surface area contributed by atoms with Crippen LogP contribution in [0.15, 0.2) is 30.3 Å². The fourth-order valence-corrected chi connectivity index (χ4v) is 4.36. The summed E-state index contributed by atoms with van der Waals surface area (Å²) < 4.78 is 25.6. The summed E-state index contributed by atoms with van der Waals surface area (Å²) in [7, 11) is -1.37. The number of nitrogens with zero attached hydrogens (tertiary/aromatic N) is 2. The number of hydrogen-bond donors (Lipinski definition) is 0. The Labute approximate surface area is 133 Å². The van der Waals surface area contributed by atoms with E-state index in [1.165, 1.54) is 4.31 Å². The van der Waals surface area contributed by atoms with Gasteiger partial charge < -0.3 is 4.90 Å². The van der Waals surface area contributed by atoms with E-state index in [1.54, 1.807) is 11.9 Å². The SMILES string of the molecule is CCCS(=O)(=O)N1CCC(C(=O)N(C)c2ccccc2)CC1. The topological polar surface area (TPSA) is 57.7 Å². The lowest BCUT2D eigenvalue weighted by Gasteiger charge is -2.32. The van der Waals surface area contributed by atoms with Gasteiger partial charge in [-0.15, -0.1) is 0 Å². The van der Waals surface area contributed by atoms with Gasteiger partial charge in [0.15, 0.2) is 0 Å². The number of carbonyl (C=O) groups is 1. The van der Waals surface area contributed by atoms with Crippen molar-refractivity contribution in [3.8, 4) is 0 Å². The first kappa shape index (κ1) is 17.0. The van der Waals surface area contributed by atoms with Crippen LogP contribution in [0.25, 0.3) is 0 Å². The molecule has 0 unspecified atom stereocenters. The summed E-state index contributed by atoms with van der Waals surface area (Å²) >= 11 is 0. The van der Waals surface area contributed by atoms with Gasteiger partial charge in [-0.2, -0.15) is 0 Å². The molecule has 0 bridgehead atoms. The molecule has 1 aromatic carbocycles. The monoisotopic (exact) mass is 324 g/mol. The molecule has 1 aliphatic heterocycles. The van der Waals surface area contributed by atoms with Gasteiger partial charge in [0.25, 0.3) is 0 Å².